The Balaban J connectivity index is 1.86. The standard InChI is InChI=1S/C16H22N4O2S/c1-3-4-7-10-20-12-17-19-16(20)23-11-15(21)18-13-8-5-6-9-14(13)22-2/h5-6,8-9,12H,3-4,7,10-11H2,1-2H3,(H,18,21). The second-order valence-electron chi connectivity index (χ2n) is 5.05. The van der Waals surface area contributed by atoms with Gasteiger partial charge in [-0.1, -0.05) is 43.7 Å². The molecular formula is C16H22N4O2S. The van der Waals surface area contributed by atoms with E-state index < -0.39 is 0 Å². The summed E-state index contributed by atoms with van der Waals surface area (Å²) in [6, 6.07) is 7.35. The van der Waals surface area contributed by atoms with Crippen LogP contribution in [-0.4, -0.2) is 33.5 Å². The topological polar surface area (TPSA) is 69.0 Å². The number of benzene rings is 1. The number of rotatable bonds is 9. The van der Waals surface area contributed by atoms with Crippen LogP contribution in [0.5, 0.6) is 5.75 Å². The number of unbranched alkanes of at least 4 members (excludes halogenated alkanes) is 2. The van der Waals surface area contributed by atoms with E-state index in [9.17, 15) is 4.79 Å². The van der Waals surface area contributed by atoms with Gasteiger partial charge in [-0.3, -0.25) is 4.79 Å². The maximum Gasteiger partial charge on any atom is 0.234 e. The SMILES string of the molecule is CCCCCn1cnnc1SCC(=O)Nc1ccccc1OC. The molecule has 7 heteroatoms. The monoisotopic (exact) mass is 334 g/mol. The molecule has 23 heavy (non-hydrogen) atoms. The van der Waals surface area contributed by atoms with Gasteiger partial charge in [0.25, 0.3) is 0 Å². The third-order valence-corrected chi connectivity index (χ3v) is 4.28. The molecule has 0 fully saturated rings. The van der Waals surface area contributed by atoms with Gasteiger partial charge in [0.1, 0.15) is 12.1 Å². The van der Waals surface area contributed by atoms with E-state index in [1.807, 2.05) is 28.8 Å². The van der Waals surface area contributed by atoms with Crippen molar-refractivity contribution in [2.75, 3.05) is 18.2 Å². The number of carbonyl (C=O) groups excluding carboxylic acids is 1. The number of carbonyl (C=O) groups is 1. The second-order valence-corrected chi connectivity index (χ2v) is 5.99. The molecule has 2 rings (SSSR count). The first kappa shape index (κ1) is 17.3. The minimum atomic E-state index is -0.0948. The van der Waals surface area contributed by atoms with Crippen LogP contribution in [0.4, 0.5) is 5.69 Å². The highest BCUT2D eigenvalue weighted by molar-refractivity contribution is 7.99. The molecule has 0 atom stereocenters. The van der Waals surface area contributed by atoms with E-state index in [4.69, 9.17) is 4.74 Å². The van der Waals surface area contributed by atoms with Gasteiger partial charge in [-0.05, 0) is 18.6 Å². The Kier molecular flexibility index (Phi) is 6.93. The lowest BCUT2D eigenvalue weighted by Crippen LogP contribution is -2.15. The van der Waals surface area contributed by atoms with Crippen molar-refractivity contribution in [1.82, 2.24) is 14.8 Å². The maximum atomic E-state index is 12.1. The van der Waals surface area contributed by atoms with Crippen LogP contribution in [0.25, 0.3) is 0 Å². The first-order chi connectivity index (χ1) is 11.2. The molecule has 0 aliphatic rings. The summed E-state index contributed by atoms with van der Waals surface area (Å²) < 4.78 is 7.22. The molecule has 1 amide bonds. The van der Waals surface area contributed by atoms with Gasteiger partial charge in [0.2, 0.25) is 5.91 Å². The highest BCUT2D eigenvalue weighted by atomic mass is 32.2. The lowest BCUT2D eigenvalue weighted by Gasteiger charge is -2.09. The van der Waals surface area contributed by atoms with Crippen LogP contribution in [0.3, 0.4) is 0 Å². The largest absolute Gasteiger partial charge is 0.495 e. The van der Waals surface area contributed by atoms with Gasteiger partial charge < -0.3 is 14.6 Å². The number of anilines is 1. The van der Waals surface area contributed by atoms with Crippen LogP contribution in [0.1, 0.15) is 26.2 Å². The summed E-state index contributed by atoms with van der Waals surface area (Å²) >= 11 is 1.39. The van der Waals surface area contributed by atoms with Crippen LogP contribution >= 0.6 is 11.8 Å². The first-order valence-electron chi connectivity index (χ1n) is 7.68. The Hall–Kier alpha value is -2.02. The number of nitrogens with zero attached hydrogens (tertiary/aromatic N) is 3. The average Bonchev–Trinajstić information content (AvgIpc) is 3.01. The van der Waals surface area contributed by atoms with Crippen molar-refractivity contribution in [2.24, 2.45) is 0 Å². The molecule has 0 unspecified atom stereocenters. The molecule has 0 spiro atoms. The summed E-state index contributed by atoms with van der Waals surface area (Å²) in [7, 11) is 1.58. The Morgan fingerprint density at radius 3 is 2.96 bits per heavy atom. The quantitative estimate of drug-likeness (QED) is 0.563. The van der Waals surface area contributed by atoms with Gasteiger partial charge in [-0.2, -0.15) is 0 Å². The van der Waals surface area contributed by atoms with E-state index in [0.29, 0.717) is 11.4 Å². The summed E-state index contributed by atoms with van der Waals surface area (Å²) in [4.78, 5) is 12.1. The Bertz CT molecular complexity index is 630. The fraction of sp³-hybridized carbons (Fsp3) is 0.438. The molecule has 0 radical (unpaired) electrons. The fourth-order valence-corrected chi connectivity index (χ4v) is 2.85. The summed E-state index contributed by atoms with van der Waals surface area (Å²) in [5, 5.41) is 11.6. The molecule has 0 aliphatic carbocycles. The molecule has 0 saturated carbocycles. The number of hydrogen-bond acceptors (Lipinski definition) is 5. The van der Waals surface area contributed by atoms with Crippen molar-refractivity contribution < 1.29 is 9.53 Å². The Labute approximate surface area is 140 Å². The number of hydrogen-bond donors (Lipinski definition) is 1. The zero-order valence-electron chi connectivity index (χ0n) is 13.5. The minimum Gasteiger partial charge on any atom is -0.495 e. The molecule has 2 aromatic rings. The summed E-state index contributed by atoms with van der Waals surface area (Å²) in [6.45, 7) is 3.06. The Morgan fingerprint density at radius 2 is 2.17 bits per heavy atom. The average molecular weight is 334 g/mol. The smallest absolute Gasteiger partial charge is 0.234 e. The molecule has 1 heterocycles. The van der Waals surface area contributed by atoms with Gasteiger partial charge in [0.15, 0.2) is 5.16 Å². The number of thioether (sulfide) groups is 1. The predicted molar refractivity (Wildman–Crippen MR) is 91.9 cm³/mol. The number of ether oxygens (including phenoxy) is 1. The van der Waals surface area contributed by atoms with Crippen molar-refractivity contribution in [3.63, 3.8) is 0 Å². The highest BCUT2D eigenvalue weighted by Crippen LogP contribution is 2.23. The van der Waals surface area contributed by atoms with Gasteiger partial charge >= 0.3 is 0 Å². The molecular weight excluding hydrogens is 312 g/mol. The maximum absolute atomic E-state index is 12.1. The van der Waals surface area contributed by atoms with Gasteiger partial charge in [0, 0.05) is 6.54 Å². The zero-order chi connectivity index (χ0) is 16.5. The number of methoxy groups -OCH3 is 1. The lowest BCUT2D eigenvalue weighted by molar-refractivity contribution is -0.113. The number of aryl methyl sites for hydroxylation is 1. The summed E-state index contributed by atoms with van der Waals surface area (Å²) in [5.74, 6) is 0.834. The molecule has 1 aromatic carbocycles. The summed E-state index contributed by atoms with van der Waals surface area (Å²) in [6.07, 6.45) is 5.16. The van der Waals surface area contributed by atoms with Crippen LogP contribution in [0, 0.1) is 0 Å². The molecule has 1 aromatic heterocycles. The van der Waals surface area contributed by atoms with Crippen molar-refractivity contribution in [2.45, 2.75) is 37.9 Å². The number of para-hydroxylation sites is 2. The minimum absolute atomic E-state index is 0.0948. The van der Waals surface area contributed by atoms with Gasteiger partial charge in [-0.15, -0.1) is 10.2 Å². The van der Waals surface area contributed by atoms with E-state index in [1.165, 1.54) is 24.6 Å². The predicted octanol–water partition coefficient (Wildman–Crippen LogP) is 3.21. The van der Waals surface area contributed by atoms with Crippen molar-refractivity contribution in [3.8, 4) is 5.75 Å². The van der Waals surface area contributed by atoms with E-state index in [0.717, 1.165) is 18.1 Å². The summed E-state index contributed by atoms with van der Waals surface area (Å²) in [5.41, 5.74) is 0.671. The van der Waals surface area contributed by atoms with E-state index in [1.54, 1.807) is 13.4 Å². The number of nitrogens with one attached hydrogen (secondary N) is 1. The normalized spacial score (nSPS) is 10.5. The number of aromatic nitrogens is 3. The van der Waals surface area contributed by atoms with E-state index in [2.05, 4.69) is 22.4 Å². The third kappa shape index (κ3) is 5.28. The van der Waals surface area contributed by atoms with E-state index >= 15 is 0 Å². The molecule has 1 N–H and O–H groups in total. The van der Waals surface area contributed by atoms with Gasteiger partial charge in [0.05, 0.1) is 18.6 Å². The van der Waals surface area contributed by atoms with Crippen molar-refractivity contribution in [1.29, 1.82) is 0 Å². The van der Waals surface area contributed by atoms with Crippen molar-refractivity contribution >= 4 is 23.4 Å². The van der Waals surface area contributed by atoms with Crippen LogP contribution < -0.4 is 10.1 Å². The second kappa shape index (κ2) is 9.19. The van der Waals surface area contributed by atoms with Gasteiger partial charge in [-0.25, -0.2) is 0 Å². The van der Waals surface area contributed by atoms with E-state index in [-0.39, 0.29) is 11.7 Å². The third-order valence-electron chi connectivity index (χ3n) is 3.30. The molecule has 0 saturated heterocycles. The molecule has 0 bridgehead atoms. The van der Waals surface area contributed by atoms with Crippen LogP contribution in [-0.2, 0) is 11.3 Å². The number of amides is 1. The first-order valence-corrected chi connectivity index (χ1v) is 8.66. The van der Waals surface area contributed by atoms with Crippen molar-refractivity contribution in [3.05, 3.63) is 30.6 Å². The Morgan fingerprint density at radius 1 is 1.35 bits per heavy atom. The molecule has 124 valence electrons. The highest BCUT2D eigenvalue weighted by Gasteiger charge is 2.10. The fourth-order valence-electron chi connectivity index (χ4n) is 2.11. The zero-order valence-corrected chi connectivity index (χ0v) is 14.3. The van der Waals surface area contributed by atoms with Crippen LogP contribution in [0.15, 0.2) is 35.7 Å². The van der Waals surface area contributed by atoms with Crippen LogP contribution in [0.2, 0.25) is 0 Å². The molecule has 6 nitrogen and oxygen atoms in total. The lowest BCUT2D eigenvalue weighted by atomic mass is 10.2. The molecule has 0 aliphatic heterocycles.